The van der Waals surface area contributed by atoms with Crippen LogP contribution in [0.3, 0.4) is 0 Å². The molecule has 0 bridgehead atoms. The molecule has 128 valence electrons. The van der Waals surface area contributed by atoms with Crippen LogP contribution in [-0.2, 0) is 0 Å². The van der Waals surface area contributed by atoms with E-state index in [0.717, 1.165) is 39.1 Å². The zero-order chi connectivity index (χ0) is 15.9. The van der Waals surface area contributed by atoms with Gasteiger partial charge in [0, 0.05) is 50.4 Å². The molecular weight excluding hydrogens is 320 g/mol. The van der Waals surface area contributed by atoms with Gasteiger partial charge in [-0.3, -0.25) is 14.9 Å². The van der Waals surface area contributed by atoms with Gasteiger partial charge in [-0.25, -0.2) is 0 Å². The molecule has 0 saturated carbocycles. The predicted octanol–water partition coefficient (Wildman–Crippen LogP) is 1.35. The maximum absolute atomic E-state index is 12.1. The number of amides is 1. The Bertz CT molecular complexity index is 548. The van der Waals surface area contributed by atoms with Crippen molar-refractivity contribution in [1.29, 1.82) is 0 Å². The number of hydrogen-bond acceptors (Lipinski definition) is 5. The average Bonchev–Trinajstić information content (AvgIpc) is 2.52. The maximum Gasteiger partial charge on any atom is 0.269 e. The van der Waals surface area contributed by atoms with E-state index >= 15 is 0 Å². The second kappa shape index (κ2) is 9.44. The average molecular weight is 343 g/mol. The van der Waals surface area contributed by atoms with Gasteiger partial charge in [-0.05, 0) is 31.5 Å². The summed E-state index contributed by atoms with van der Waals surface area (Å²) in [6.45, 7) is 7.44. The molecule has 1 fully saturated rings. The summed E-state index contributed by atoms with van der Waals surface area (Å²) in [6.07, 6.45) is 0.901. The molecule has 0 radical (unpaired) electrons. The van der Waals surface area contributed by atoms with Crippen LogP contribution < -0.4 is 10.6 Å². The Morgan fingerprint density at radius 1 is 1.39 bits per heavy atom. The number of piperazine rings is 1. The Hall–Kier alpha value is -1.70. The van der Waals surface area contributed by atoms with Crippen LogP contribution in [0.15, 0.2) is 18.2 Å². The minimum absolute atomic E-state index is 0. The zero-order valence-corrected chi connectivity index (χ0v) is 14.0. The first-order valence-corrected chi connectivity index (χ1v) is 7.54. The lowest BCUT2D eigenvalue weighted by Gasteiger charge is -2.27. The number of nitro benzene ring substituents is 1. The fourth-order valence-electron chi connectivity index (χ4n) is 2.55. The lowest BCUT2D eigenvalue weighted by Crippen LogP contribution is -2.44. The monoisotopic (exact) mass is 342 g/mol. The van der Waals surface area contributed by atoms with Gasteiger partial charge in [-0.15, -0.1) is 12.4 Å². The topological polar surface area (TPSA) is 87.5 Å². The van der Waals surface area contributed by atoms with Gasteiger partial charge in [0.2, 0.25) is 0 Å². The maximum atomic E-state index is 12.1. The van der Waals surface area contributed by atoms with E-state index in [1.807, 2.05) is 0 Å². The highest BCUT2D eigenvalue weighted by molar-refractivity contribution is 5.95. The number of benzene rings is 1. The van der Waals surface area contributed by atoms with E-state index in [1.54, 1.807) is 6.92 Å². The van der Waals surface area contributed by atoms with Crippen molar-refractivity contribution in [3.05, 3.63) is 39.4 Å². The molecule has 23 heavy (non-hydrogen) atoms. The van der Waals surface area contributed by atoms with Crippen molar-refractivity contribution < 1.29 is 9.72 Å². The van der Waals surface area contributed by atoms with Crippen molar-refractivity contribution in [2.75, 3.05) is 39.3 Å². The van der Waals surface area contributed by atoms with E-state index in [-0.39, 0.29) is 24.0 Å². The lowest BCUT2D eigenvalue weighted by molar-refractivity contribution is -0.384. The summed E-state index contributed by atoms with van der Waals surface area (Å²) in [5.41, 5.74) is 1.12. The van der Waals surface area contributed by atoms with Crippen molar-refractivity contribution >= 4 is 24.0 Å². The van der Waals surface area contributed by atoms with Crippen LogP contribution >= 0.6 is 12.4 Å². The number of carbonyl (C=O) groups is 1. The molecule has 1 saturated heterocycles. The summed E-state index contributed by atoms with van der Waals surface area (Å²) >= 11 is 0. The Morgan fingerprint density at radius 2 is 2.09 bits per heavy atom. The number of non-ortho nitro benzene ring substituents is 1. The highest BCUT2D eigenvalue weighted by Crippen LogP contribution is 2.16. The van der Waals surface area contributed by atoms with Gasteiger partial charge in [0.1, 0.15) is 0 Å². The van der Waals surface area contributed by atoms with Gasteiger partial charge >= 0.3 is 0 Å². The summed E-state index contributed by atoms with van der Waals surface area (Å²) in [6, 6.07) is 4.30. The first-order valence-electron chi connectivity index (χ1n) is 7.54. The van der Waals surface area contributed by atoms with Gasteiger partial charge in [0.15, 0.2) is 0 Å². The summed E-state index contributed by atoms with van der Waals surface area (Å²) in [4.78, 5) is 24.7. The van der Waals surface area contributed by atoms with Gasteiger partial charge < -0.3 is 15.5 Å². The largest absolute Gasteiger partial charge is 0.352 e. The molecule has 7 nitrogen and oxygen atoms in total. The summed E-state index contributed by atoms with van der Waals surface area (Å²) in [7, 11) is 0. The highest BCUT2D eigenvalue weighted by Gasteiger charge is 2.13. The second-order valence-electron chi connectivity index (χ2n) is 5.46. The molecule has 0 unspecified atom stereocenters. The fraction of sp³-hybridized carbons (Fsp3) is 0.533. The van der Waals surface area contributed by atoms with Crippen LogP contribution in [0.2, 0.25) is 0 Å². The van der Waals surface area contributed by atoms with Crippen LogP contribution in [-0.4, -0.2) is 55.0 Å². The van der Waals surface area contributed by atoms with Crippen LogP contribution in [0.4, 0.5) is 5.69 Å². The van der Waals surface area contributed by atoms with E-state index in [9.17, 15) is 14.9 Å². The van der Waals surface area contributed by atoms with Gasteiger partial charge in [0.25, 0.3) is 11.6 Å². The van der Waals surface area contributed by atoms with E-state index in [0.29, 0.717) is 17.7 Å². The Morgan fingerprint density at radius 3 is 2.70 bits per heavy atom. The number of rotatable bonds is 6. The molecule has 1 aromatic rings. The second-order valence-corrected chi connectivity index (χ2v) is 5.46. The Labute approximate surface area is 142 Å². The van der Waals surface area contributed by atoms with Gasteiger partial charge in [-0.1, -0.05) is 0 Å². The van der Waals surface area contributed by atoms with Crippen molar-refractivity contribution in [3.63, 3.8) is 0 Å². The number of nitrogens with zero attached hydrogens (tertiary/aromatic N) is 2. The molecular formula is C15H23ClN4O3. The highest BCUT2D eigenvalue weighted by atomic mass is 35.5. The molecule has 1 aliphatic rings. The molecule has 2 N–H and O–H groups in total. The summed E-state index contributed by atoms with van der Waals surface area (Å²) < 4.78 is 0. The molecule has 0 atom stereocenters. The smallest absolute Gasteiger partial charge is 0.269 e. The quantitative estimate of drug-likeness (QED) is 0.463. The molecule has 1 amide bonds. The molecule has 1 aliphatic heterocycles. The van der Waals surface area contributed by atoms with Crippen molar-refractivity contribution in [1.82, 2.24) is 15.5 Å². The summed E-state index contributed by atoms with van der Waals surface area (Å²) in [5.74, 6) is -0.173. The molecule has 1 aromatic carbocycles. The minimum Gasteiger partial charge on any atom is -0.352 e. The van der Waals surface area contributed by atoms with E-state index in [4.69, 9.17) is 0 Å². The predicted molar refractivity (Wildman–Crippen MR) is 91.3 cm³/mol. The molecule has 0 spiro atoms. The number of nitrogens with one attached hydrogen (secondary N) is 2. The van der Waals surface area contributed by atoms with Crippen LogP contribution in [0.25, 0.3) is 0 Å². The third-order valence-electron chi connectivity index (χ3n) is 3.81. The van der Waals surface area contributed by atoms with Crippen molar-refractivity contribution in [2.24, 2.45) is 0 Å². The van der Waals surface area contributed by atoms with E-state index < -0.39 is 4.92 Å². The van der Waals surface area contributed by atoms with Crippen LogP contribution in [0.5, 0.6) is 0 Å². The van der Waals surface area contributed by atoms with Gasteiger partial charge in [-0.2, -0.15) is 0 Å². The number of nitro groups is 1. The molecule has 2 rings (SSSR count). The third kappa shape index (κ3) is 5.78. The van der Waals surface area contributed by atoms with Crippen molar-refractivity contribution in [2.45, 2.75) is 13.3 Å². The zero-order valence-electron chi connectivity index (χ0n) is 13.2. The molecule has 1 heterocycles. The van der Waals surface area contributed by atoms with Crippen LogP contribution in [0, 0.1) is 17.0 Å². The lowest BCUT2D eigenvalue weighted by atomic mass is 10.1. The Balaban J connectivity index is 0.00000264. The fourth-order valence-corrected chi connectivity index (χ4v) is 2.55. The number of halogens is 1. The number of hydrogen-bond donors (Lipinski definition) is 2. The molecule has 8 heteroatoms. The van der Waals surface area contributed by atoms with E-state index in [1.165, 1.54) is 18.2 Å². The minimum atomic E-state index is -0.456. The summed E-state index contributed by atoms with van der Waals surface area (Å²) in [5, 5.41) is 16.9. The first kappa shape index (κ1) is 19.3. The van der Waals surface area contributed by atoms with Gasteiger partial charge in [0.05, 0.1) is 4.92 Å². The third-order valence-corrected chi connectivity index (χ3v) is 3.81. The van der Waals surface area contributed by atoms with Crippen LogP contribution in [0.1, 0.15) is 22.3 Å². The van der Waals surface area contributed by atoms with Crippen molar-refractivity contribution in [3.8, 4) is 0 Å². The SMILES string of the molecule is Cc1cc([N+](=O)[O-])ccc1C(=O)NCCCN1CCNCC1.Cl. The first-order chi connectivity index (χ1) is 10.6. The number of carbonyl (C=O) groups excluding carboxylic acids is 1. The number of aryl methyl sites for hydroxylation is 1. The molecule has 0 aromatic heterocycles. The normalized spacial score (nSPS) is 14.8. The standard InChI is InChI=1S/C15H22N4O3.ClH/c1-12-11-13(19(21)22)3-4-14(12)15(20)17-5-2-8-18-9-6-16-7-10-18;/h3-4,11,16H,2,5-10H2,1H3,(H,17,20);1H. The Kier molecular flexibility index (Phi) is 7.94. The molecule has 0 aliphatic carbocycles. The van der Waals surface area contributed by atoms with E-state index in [2.05, 4.69) is 15.5 Å².